The molecule has 2 unspecified atom stereocenters. The zero-order valence-corrected chi connectivity index (χ0v) is 11.5. The lowest BCUT2D eigenvalue weighted by molar-refractivity contribution is -0.131. The Hall–Kier alpha value is -0.570. The predicted molar refractivity (Wildman–Crippen MR) is 71.7 cm³/mol. The highest BCUT2D eigenvalue weighted by molar-refractivity contribution is 5.76. The average Bonchev–Trinajstić information content (AvgIpc) is 2.53. The van der Waals surface area contributed by atoms with Crippen LogP contribution in [0.3, 0.4) is 0 Å². The fourth-order valence-corrected chi connectivity index (χ4v) is 2.56. The number of nitrogens with two attached hydrogens (primary N) is 1. The Balaban J connectivity index is 2.26. The van der Waals surface area contributed by atoms with Gasteiger partial charge in [0.15, 0.2) is 0 Å². The third-order valence-corrected chi connectivity index (χ3v) is 3.83. The molecule has 0 aromatic heterocycles. The summed E-state index contributed by atoms with van der Waals surface area (Å²) < 4.78 is 0. The number of likely N-dealkylation sites (tertiary alicyclic amines) is 1. The Labute approximate surface area is 106 Å². The van der Waals surface area contributed by atoms with Crippen molar-refractivity contribution < 1.29 is 4.79 Å². The summed E-state index contributed by atoms with van der Waals surface area (Å²) in [4.78, 5) is 14.1. The van der Waals surface area contributed by atoms with Gasteiger partial charge in [-0.15, -0.1) is 0 Å². The van der Waals surface area contributed by atoms with Crippen LogP contribution in [0.15, 0.2) is 0 Å². The molecule has 1 amide bonds. The van der Waals surface area contributed by atoms with Crippen molar-refractivity contribution in [1.82, 2.24) is 4.90 Å². The molecule has 0 bridgehead atoms. The minimum absolute atomic E-state index is 0.219. The average molecular weight is 240 g/mol. The monoisotopic (exact) mass is 240 g/mol. The normalized spacial score (nSPS) is 23.2. The first kappa shape index (κ1) is 14.5. The van der Waals surface area contributed by atoms with Gasteiger partial charge in [-0.25, -0.2) is 0 Å². The smallest absolute Gasteiger partial charge is 0.222 e. The van der Waals surface area contributed by atoms with E-state index in [9.17, 15) is 4.79 Å². The van der Waals surface area contributed by atoms with E-state index in [1.165, 1.54) is 25.7 Å². The topological polar surface area (TPSA) is 46.3 Å². The third-order valence-electron chi connectivity index (χ3n) is 3.83. The maximum atomic E-state index is 12.0. The molecule has 2 N–H and O–H groups in total. The summed E-state index contributed by atoms with van der Waals surface area (Å²) in [5.74, 6) is 1.17. The van der Waals surface area contributed by atoms with Gasteiger partial charge in [-0.05, 0) is 44.9 Å². The molecule has 1 saturated heterocycles. The van der Waals surface area contributed by atoms with Crippen LogP contribution < -0.4 is 5.73 Å². The van der Waals surface area contributed by atoms with Crippen LogP contribution in [0.5, 0.6) is 0 Å². The molecule has 17 heavy (non-hydrogen) atoms. The van der Waals surface area contributed by atoms with Gasteiger partial charge in [0.1, 0.15) is 0 Å². The van der Waals surface area contributed by atoms with Crippen LogP contribution in [0, 0.1) is 5.92 Å². The molecule has 1 aliphatic heterocycles. The molecule has 0 aliphatic carbocycles. The van der Waals surface area contributed by atoms with Gasteiger partial charge in [0.05, 0.1) is 0 Å². The van der Waals surface area contributed by atoms with E-state index in [0.29, 0.717) is 12.3 Å². The van der Waals surface area contributed by atoms with E-state index in [2.05, 4.69) is 11.8 Å². The SMILES string of the molecule is CCC1CCCN(C(=O)CCCC(C)N)CC1. The number of hydrogen-bond donors (Lipinski definition) is 1. The van der Waals surface area contributed by atoms with E-state index < -0.39 is 0 Å². The summed E-state index contributed by atoms with van der Waals surface area (Å²) >= 11 is 0. The lowest BCUT2D eigenvalue weighted by atomic mass is 9.98. The Kier molecular flexibility index (Phi) is 6.56. The predicted octanol–water partition coefficient (Wildman–Crippen LogP) is 2.54. The molecule has 0 aromatic carbocycles. The second-order valence-corrected chi connectivity index (χ2v) is 5.46. The second-order valence-electron chi connectivity index (χ2n) is 5.46. The fraction of sp³-hybridized carbons (Fsp3) is 0.929. The van der Waals surface area contributed by atoms with Crippen molar-refractivity contribution in [1.29, 1.82) is 0 Å². The minimum atomic E-state index is 0.219. The lowest BCUT2D eigenvalue weighted by Crippen LogP contribution is -2.32. The zero-order valence-electron chi connectivity index (χ0n) is 11.5. The molecule has 1 aliphatic rings. The molecule has 1 heterocycles. The number of rotatable bonds is 5. The summed E-state index contributed by atoms with van der Waals surface area (Å²) in [6, 6.07) is 0.219. The van der Waals surface area contributed by atoms with Crippen molar-refractivity contribution in [3.8, 4) is 0 Å². The van der Waals surface area contributed by atoms with Crippen LogP contribution in [0.25, 0.3) is 0 Å². The minimum Gasteiger partial charge on any atom is -0.343 e. The number of carbonyl (C=O) groups excluding carboxylic acids is 1. The fourth-order valence-electron chi connectivity index (χ4n) is 2.56. The number of carbonyl (C=O) groups is 1. The van der Waals surface area contributed by atoms with Gasteiger partial charge in [-0.2, -0.15) is 0 Å². The van der Waals surface area contributed by atoms with Gasteiger partial charge in [-0.3, -0.25) is 4.79 Å². The highest BCUT2D eigenvalue weighted by atomic mass is 16.2. The molecule has 1 rings (SSSR count). The highest BCUT2D eigenvalue weighted by Gasteiger charge is 2.19. The van der Waals surface area contributed by atoms with Gasteiger partial charge < -0.3 is 10.6 Å². The van der Waals surface area contributed by atoms with Crippen LogP contribution in [-0.4, -0.2) is 29.9 Å². The molecule has 0 spiro atoms. The summed E-state index contributed by atoms with van der Waals surface area (Å²) in [6.45, 7) is 6.19. The van der Waals surface area contributed by atoms with E-state index >= 15 is 0 Å². The van der Waals surface area contributed by atoms with Crippen LogP contribution in [0.4, 0.5) is 0 Å². The molecule has 0 aromatic rings. The second kappa shape index (κ2) is 7.70. The Morgan fingerprint density at radius 1 is 1.41 bits per heavy atom. The first-order chi connectivity index (χ1) is 8.13. The van der Waals surface area contributed by atoms with Gasteiger partial charge in [0, 0.05) is 25.6 Å². The van der Waals surface area contributed by atoms with E-state index in [-0.39, 0.29) is 6.04 Å². The Morgan fingerprint density at radius 3 is 2.82 bits per heavy atom. The standard InChI is InChI=1S/C14H28N2O/c1-3-13-7-5-10-16(11-9-13)14(17)8-4-6-12(2)15/h12-13H,3-11,15H2,1-2H3. The maximum Gasteiger partial charge on any atom is 0.222 e. The van der Waals surface area contributed by atoms with Crippen LogP contribution >= 0.6 is 0 Å². The maximum absolute atomic E-state index is 12.0. The van der Waals surface area contributed by atoms with E-state index in [0.717, 1.165) is 31.8 Å². The summed E-state index contributed by atoms with van der Waals surface area (Å²) in [5.41, 5.74) is 5.69. The van der Waals surface area contributed by atoms with Crippen molar-refractivity contribution >= 4 is 5.91 Å². The molecule has 0 saturated carbocycles. The summed E-state index contributed by atoms with van der Waals surface area (Å²) in [6.07, 6.45) is 7.49. The van der Waals surface area contributed by atoms with Gasteiger partial charge in [0.2, 0.25) is 5.91 Å². The quantitative estimate of drug-likeness (QED) is 0.802. The van der Waals surface area contributed by atoms with Gasteiger partial charge in [-0.1, -0.05) is 13.3 Å². The van der Waals surface area contributed by atoms with E-state index in [1.54, 1.807) is 0 Å². The van der Waals surface area contributed by atoms with Crippen molar-refractivity contribution in [3.63, 3.8) is 0 Å². The highest BCUT2D eigenvalue weighted by Crippen LogP contribution is 2.20. The Morgan fingerprint density at radius 2 is 2.18 bits per heavy atom. The number of nitrogens with zero attached hydrogens (tertiary/aromatic N) is 1. The largest absolute Gasteiger partial charge is 0.343 e. The Bertz CT molecular complexity index is 228. The molecule has 100 valence electrons. The molecule has 1 fully saturated rings. The third kappa shape index (κ3) is 5.53. The molecule has 2 atom stereocenters. The van der Waals surface area contributed by atoms with Gasteiger partial charge in [0.25, 0.3) is 0 Å². The molecular formula is C14H28N2O. The molecule has 0 radical (unpaired) electrons. The summed E-state index contributed by atoms with van der Waals surface area (Å²) in [5, 5.41) is 0. The molecule has 3 nitrogen and oxygen atoms in total. The first-order valence-electron chi connectivity index (χ1n) is 7.16. The molecular weight excluding hydrogens is 212 g/mol. The first-order valence-corrected chi connectivity index (χ1v) is 7.16. The van der Waals surface area contributed by atoms with Crippen LogP contribution in [0.1, 0.15) is 58.8 Å². The molecule has 3 heteroatoms. The van der Waals surface area contributed by atoms with Crippen LogP contribution in [-0.2, 0) is 4.79 Å². The lowest BCUT2D eigenvalue weighted by Gasteiger charge is -2.20. The van der Waals surface area contributed by atoms with Crippen LogP contribution in [0.2, 0.25) is 0 Å². The van der Waals surface area contributed by atoms with Crippen molar-refractivity contribution in [2.75, 3.05) is 13.1 Å². The number of hydrogen-bond acceptors (Lipinski definition) is 2. The van der Waals surface area contributed by atoms with Crippen molar-refractivity contribution in [2.24, 2.45) is 11.7 Å². The van der Waals surface area contributed by atoms with Crippen molar-refractivity contribution in [3.05, 3.63) is 0 Å². The van der Waals surface area contributed by atoms with Gasteiger partial charge >= 0.3 is 0 Å². The summed E-state index contributed by atoms with van der Waals surface area (Å²) in [7, 11) is 0. The number of amides is 1. The zero-order chi connectivity index (χ0) is 12.7. The van der Waals surface area contributed by atoms with E-state index in [4.69, 9.17) is 5.73 Å². The van der Waals surface area contributed by atoms with E-state index in [1.807, 2.05) is 6.92 Å². The van der Waals surface area contributed by atoms with Crippen molar-refractivity contribution in [2.45, 2.75) is 64.8 Å².